The largest absolute Gasteiger partial charge is 0.301 e. The first kappa shape index (κ1) is 22.9. The molecule has 0 aromatic carbocycles. The van der Waals surface area contributed by atoms with Crippen molar-refractivity contribution in [3.05, 3.63) is 0 Å². The quantitative estimate of drug-likeness (QED) is 0.645. The van der Waals surface area contributed by atoms with E-state index < -0.39 is 0 Å². The third-order valence-electron chi connectivity index (χ3n) is 5.36. The maximum atomic E-state index is 2.65. The molecule has 0 N–H and O–H groups in total. The highest BCUT2D eigenvalue weighted by molar-refractivity contribution is 4.89. The molecule has 0 spiro atoms. The molecule has 0 aromatic heterocycles. The summed E-state index contributed by atoms with van der Waals surface area (Å²) in [4.78, 5) is 5.18. The van der Waals surface area contributed by atoms with E-state index in [1.54, 1.807) is 0 Å². The van der Waals surface area contributed by atoms with Gasteiger partial charge in [-0.15, -0.1) is 0 Å². The molecule has 0 amide bonds. The second kappa shape index (κ2) is 13.2. The van der Waals surface area contributed by atoms with Crippen LogP contribution in [0.5, 0.6) is 0 Å². The Morgan fingerprint density at radius 2 is 1.00 bits per heavy atom. The van der Waals surface area contributed by atoms with E-state index in [0.717, 1.165) is 23.9 Å². The number of rotatable bonds is 2. The van der Waals surface area contributed by atoms with Crippen LogP contribution in [-0.2, 0) is 0 Å². The molecule has 3 aliphatic rings. The Morgan fingerprint density at radius 3 is 1.30 bits per heavy atom. The topological polar surface area (TPSA) is 6.48 Å². The van der Waals surface area contributed by atoms with Crippen LogP contribution in [0.4, 0.5) is 0 Å². The molecule has 140 valence electrons. The first-order valence-electron chi connectivity index (χ1n) is 10.6. The summed E-state index contributed by atoms with van der Waals surface area (Å²) in [5.74, 6) is 2.13. The van der Waals surface area contributed by atoms with Gasteiger partial charge in [-0.05, 0) is 78.3 Å². The van der Waals surface area contributed by atoms with Crippen LogP contribution in [-0.4, -0.2) is 48.1 Å². The smallest absolute Gasteiger partial charge is 0.00388 e. The van der Waals surface area contributed by atoms with Crippen molar-refractivity contribution >= 4 is 0 Å². The standard InChI is InChI=1S/C10H19N.C7H15N.2C2H6/c1-8(2)11-6-9-4-3-5-10(9)7-11;1-7(2)8-5-3-4-6-8;2*1-2/h8-10H,3-7H2,1-2H3;7H,3-6H2,1-2H3;2*1-2H3. The van der Waals surface area contributed by atoms with Crippen molar-refractivity contribution in [1.82, 2.24) is 9.80 Å². The van der Waals surface area contributed by atoms with Gasteiger partial charge >= 0.3 is 0 Å². The Hall–Kier alpha value is -0.0800. The van der Waals surface area contributed by atoms with Gasteiger partial charge in [-0.3, -0.25) is 0 Å². The predicted molar refractivity (Wildman–Crippen MR) is 106 cm³/mol. The van der Waals surface area contributed by atoms with E-state index in [1.165, 1.54) is 58.3 Å². The molecule has 3 rings (SSSR count). The molecule has 2 heteroatoms. The van der Waals surface area contributed by atoms with E-state index in [2.05, 4.69) is 37.5 Å². The third-order valence-corrected chi connectivity index (χ3v) is 5.36. The zero-order chi connectivity index (χ0) is 17.8. The van der Waals surface area contributed by atoms with Gasteiger partial charge in [-0.2, -0.15) is 0 Å². The van der Waals surface area contributed by atoms with Crippen molar-refractivity contribution in [2.75, 3.05) is 26.2 Å². The van der Waals surface area contributed by atoms with Crippen molar-refractivity contribution in [1.29, 1.82) is 0 Å². The minimum Gasteiger partial charge on any atom is -0.301 e. The summed E-state index contributed by atoms with van der Waals surface area (Å²) in [5.41, 5.74) is 0. The van der Waals surface area contributed by atoms with Gasteiger partial charge in [0.15, 0.2) is 0 Å². The minimum absolute atomic E-state index is 0.775. The Kier molecular flexibility index (Phi) is 13.2. The molecule has 0 aromatic rings. The summed E-state index contributed by atoms with van der Waals surface area (Å²) in [6.45, 7) is 22.6. The van der Waals surface area contributed by atoms with Crippen LogP contribution >= 0.6 is 0 Å². The predicted octanol–water partition coefficient (Wildman–Crippen LogP) is 5.67. The molecule has 1 aliphatic carbocycles. The fraction of sp³-hybridized carbons (Fsp3) is 1.00. The normalized spacial score (nSPS) is 26.9. The van der Waals surface area contributed by atoms with Gasteiger partial charge < -0.3 is 9.80 Å². The second-order valence-electron chi connectivity index (χ2n) is 7.34. The lowest BCUT2D eigenvalue weighted by molar-refractivity contribution is 0.254. The van der Waals surface area contributed by atoms with Crippen molar-refractivity contribution in [2.45, 2.75) is 99.6 Å². The maximum Gasteiger partial charge on any atom is 0.00388 e. The molecule has 0 bridgehead atoms. The van der Waals surface area contributed by atoms with Gasteiger partial charge in [0, 0.05) is 25.2 Å². The monoisotopic (exact) mass is 326 g/mol. The van der Waals surface area contributed by atoms with E-state index in [9.17, 15) is 0 Å². The lowest BCUT2D eigenvalue weighted by atomic mass is 10.0. The highest BCUT2D eigenvalue weighted by atomic mass is 15.2. The van der Waals surface area contributed by atoms with Crippen LogP contribution in [0.15, 0.2) is 0 Å². The van der Waals surface area contributed by atoms with Gasteiger partial charge in [0.25, 0.3) is 0 Å². The van der Waals surface area contributed by atoms with E-state index in [4.69, 9.17) is 0 Å². The zero-order valence-electron chi connectivity index (χ0n) is 17.6. The molecule has 0 radical (unpaired) electrons. The molecule has 2 unspecified atom stereocenters. The lowest BCUT2D eigenvalue weighted by Gasteiger charge is -2.20. The number of likely N-dealkylation sites (tertiary alicyclic amines) is 2. The fourth-order valence-electron chi connectivity index (χ4n) is 3.95. The minimum atomic E-state index is 0.775. The molecule has 3 fully saturated rings. The number of hydrogen-bond donors (Lipinski definition) is 0. The first-order valence-corrected chi connectivity index (χ1v) is 10.6. The van der Waals surface area contributed by atoms with Gasteiger partial charge in [-0.25, -0.2) is 0 Å². The summed E-state index contributed by atoms with van der Waals surface area (Å²) in [6.07, 6.45) is 7.35. The van der Waals surface area contributed by atoms with Gasteiger partial charge in [0.2, 0.25) is 0 Å². The van der Waals surface area contributed by atoms with E-state index in [-0.39, 0.29) is 0 Å². The van der Waals surface area contributed by atoms with Crippen LogP contribution in [0.25, 0.3) is 0 Å². The van der Waals surface area contributed by atoms with Crippen molar-refractivity contribution in [3.8, 4) is 0 Å². The Balaban J connectivity index is 0.000000358. The van der Waals surface area contributed by atoms with Crippen molar-refractivity contribution in [2.24, 2.45) is 11.8 Å². The SMILES string of the molecule is CC.CC.CC(C)N1CC2CCCC2C1.CC(C)N1CCCC1. The van der Waals surface area contributed by atoms with Crippen molar-refractivity contribution in [3.63, 3.8) is 0 Å². The molecular formula is C21H46N2. The molecule has 1 saturated carbocycles. The molecule has 2 aliphatic heterocycles. The Labute approximate surface area is 148 Å². The molecule has 2 saturated heterocycles. The summed E-state index contributed by atoms with van der Waals surface area (Å²) in [6, 6.07) is 1.55. The number of hydrogen-bond acceptors (Lipinski definition) is 2. The van der Waals surface area contributed by atoms with E-state index in [0.29, 0.717) is 0 Å². The van der Waals surface area contributed by atoms with E-state index >= 15 is 0 Å². The summed E-state index contributed by atoms with van der Waals surface area (Å²) < 4.78 is 0. The molecule has 23 heavy (non-hydrogen) atoms. The van der Waals surface area contributed by atoms with Gasteiger partial charge in [0.05, 0.1) is 0 Å². The third kappa shape index (κ3) is 8.03. The average molecular weight is 327 g/mol. The van der Waals surface area contributed by atoms with Crippen LogP contribution < -0.4 is 0 Å². The van der Waals surface area contributed by atoms with Gasteiger partial charge in [0.1, 0.15) is 0 Å². The van der Waals surface area contributed by atoms with Crippen LogP contribution in [0, 0.1) is 11.8 Å². The zero-order valence-corrected chi connectivity index (χ0v) is 17.6. The summed E-state index contributed by atoms with van der Waals surface area (Å²) in [7, 11) is 0. The maximum absolute atomic E-state index is 2.65. The number of fused-ring (bicyclic) bond motifs is 1. The molecule has 2 atom stereocenters. The summed E-state index contributed by atoms with van der Waals surface area (Å²) in [5, 5.41) is 0. The van der Waals surface area contributed by atoms with E-state index in [1.807, 2.05) is 27.7 Å². The Bertz CT molecular complexity index is 245. The number of nitrogens with zero attached hydrogens (tertiary/aromatic N) is 2. The van der Waals surface area contributed by atoms with Crippen LogP contribution in [0.3, 0.4) is 0 Å². The highest BCUT2D eigenvalue weighted by Crippen LogP contribution is 2.38. The lowest BCUT2D eigenvalue weighted by Crippen LogP contribution is -2.28. The average Bonchev–Trinajstić information content (AvgIpc) is 3.28. The summed E-state index contributed by atoms with van der Waals surface area (Å²) >= 11 is 0. The fourth-order valence-corrected chi connectivity index (χ4v) is 3.95. The highest BCUT2D eigenvalue weighted by Gasteiger charge is 2.36. The molecular weight excluding hydrogens is 280 g/mol. The first-order chi connectivity index (χ1) is 11.1. The van der Waals surface area contributed by atoms with Crippen LogP contribution in [0.2, 0.25) is 0 Å². The Morgan fingerprint density at radius 1 is 0.609 bits per heavy atom. The second-order valence-corrected chi connectivity index (χ2v) is 7.34. The molecule has 2 nitrogen and oxygen atoms in total. The van der Waals surface area contributed by atoms with Gasteiger partial charge in [-0.1, -0.05) is 34.1 Å². The molecule has 2 heterocycles. The van der Waals surface area contributed by atoms with Crippen molar-refractivity contribution < 1.29 is 0 Å². The van der Waals surface area contributed by atoms with Crippen LogP contribution in [0.1, 0.15) is 87.5 Å².